The van der Waals surface area contributed by atoms with E-state index in [4.69, 9.17) is 11.6 Å². The Morgan fingerprint density at radius 1 is 0.927 bits per heavy atom. The number of para-hydroxylation sites is 1. The Labute approximate surface area is 249 Å². The lowest BCUT2D eigenvalue weighted by atomic mass is 10.1. The van der Waals surface area contributed by atoms with Crippen LogP contribution in [0, 0.1) is 12.8 Å². The van der Waals surface area contributed by atoms with Gasteiger partial charge in [0, 0.05) is 18.1 Å². The molecule has 0 spiro atoms. The predicted molar refractivity (Wildman–Crippen MR) is 165 cm³/mol. The van der Waals surface area contributed by atoms with Crippen LogP contribution < -0.4 is 9.62 Å². The van der Waals surface area contributed by atoms with Gasteiger partial charge in [0.15, 0.2) is 0 Å². The van der Waals surface area contributed by atoms with Gasteiger partial charge in [0.2, 0.25) is 11.8 Å². The molecule has 0 aliphatic rings. The SMILES string of the molecule is CCc1ccccc1N(CC(=O)N(Cc1ccc(Cl)cc1)[C@@H](CC)C(=O)NCC(C)C)S(=O)(=O)c1ccc(C)cc1. The molecule has 41 heavy (non-hydrogen) atoms. The summed E-state index contributed by atoms with van der Waals surface area (Å²) in [5, 5.41) is 3.50. The number of sulfonamides is 1. The van der Waals surface area contributed by atoms with Gasteiger partial charge in [-0.1, -0.05) is 87.3 Å². The van der Waals surface area contributed by atoms with Crippen molar-refractivity contribution in [2.75, 3.05) is 17.4 Å². The van der Waals surface area contributed by atoms with Gasteiger partial charge >= 0.3 is 0 Å². The molecule has 3 aromatic rings. The van der Waals surface area contributed by atoms with Gasteiger partial charge < -0.3 is 10.2 Å². The van der Waals surface area contributed by atoms with E-state index in [0.29, 0.717) is 30.1 Å². The third kappa shape index (κ3) is 8.33. The number of amides is 2. The number of nitrogens with one attached hydrogen (secondary N) is 1. The second-order valence-corrected chi connectivity index (χ2v) is 12.8. The van der Waals surface area contributed by atoms with Crippen molar-refractivity contribution in [3.05, 3.63) is 94.5 Å². The van der Waals surface area contributed by atoms with E-state index in [1.807, 2.05) is 46.8 Å². The van der Waals surface area contributed by atoms with E-state index in [9.17, 15) is 18.0 Å². The zero-order valence-electron chi connectivity index (χ0n) is 24.4. The number of halogens is 1. The Morgan fingerprint density at radius 3 is 2.15 bits per heavy atom. The van der Waals surface area contributed by atoms with Crippen LogP contribution in [0.4, 0.5) is 5.69 Å². The fourth-order valence-electron chi connectivity index (χ4n) is 4.53. The fraction of sp³-hybridized carbons (Fsp3) is 0.375. The predicted octanol–water partition coefficient (Wildman–Crippen LogP) is 5.99. The van der Waals surface area contributed by atoms with Crippen LogP contribution in [0.5, 0.6) is 0 Å². The zero-order valence-corrected chi connectivity index (χ0v) is 26.0. The van der Waals surface area contributed by atoms with E-state index < -0.39 is 28.5 Å². The first-order valence-electron chi connectivity index (χ1n) is 14.0. The van der Waals surface area contributed by atoms with E-state index in [1.54, 1.807) is 60.7 Å². The summed E-state index contributed by atoms with van der Waals surface area (Å²) in [4.78, 5) is 29.1. The van der Waals surface area contributed by atoms with Gasteiger partial charge in [-0.25, -0.2) is 8.42 Å². The van der Waals surface area contributed by atoms with Crippen molar-refractivity contribution in [1.82, 2.24) is 10.2 Å². The van der Waals surface area contributed by atoms with Gasteiger partial charge in [-0.3, -0.25) is 13.9 Å². The Balaban J connectivity index is 2.08. The van der Waals surface area contributed by atoms with Gasteiger partial charge in [0.05, 0.1) is 10.6 Å². The highest BCUT2D eigenvalue weighted by atomic mass is 35.5. The number of aryl methyl sites for hydroxylation is 2. The minimum absolute atomic E-state index is 0.0905. The van der Waals surface area contributed by atoms with Crippen LogP contribution >= 0.6 is 11.6 Å². The second-order valence-electron chi connectivity index (χ2n) is 10.5. The molecule has 0 bridgehead atoms. The van der Waals surface area contributed by atoms with Crippen LogP contribution in [0.3, 0.4) is 0 Å². The van der Waals surface area contributed by atoms with Gasteiger partial charge in [-0.05, 0) is 67.1 Å². The first kappa shape index (κ1) is 32.2. The summed E-state index contributed by atoms with van der Waals surface area (Å²) in [6.07, 6.45) is 0.938. The second kappa shape index (κ2) is 14.5. The molecular weight excluding hydrogens is 558 g/mol. The lowest BCUT2D eigenvalue weighted by Gasteiger charge is -2.34. The van der Waals surface area contributed by atoms with E-state index in [2.05, 4.69) is 5.32 Å². The Bertz CT molecular complexity index is 1420. The average molecular weight is 598 g/mol. The molecule has 0 aliphatic heterocycles. The largest absolute Gasteiger partial charge is 0.354 e. The number of carbonyl (C=O) groups is 2. The van der Waals surface area contributed by atoms with Crippen LogP contribution in [0.1, 0.15) is 50.8 Å². The first-order valence-corrected chi connectivity index (χ1v) is 15.8. The molecule has 0 radical (unpaired) electrons. The summed E-state index contributed by atoms with van der Waals surface area (Å²) < 4.78 is 29.3. The molecule has 0 heterocycles. The molecule has 0 aliphatic carbocycles. The third-order valence-electron chi connectivity index (χ3n) is 6.87. The summed E-state index contributed by atoms with van der Waals surface area (Å²) in [6.45, 7) is 9.79. The molecule has 2 amide bonds. The van der Waals surface area contributed by atoms with E-state index in [-0.39, 0.29) is 23.3 Å². The number of hydrogen-bond donors (Lipinski definition) is 1. The van der Waals surface area contributed by atoms with Crippen LogP contribution in [0.2, 0.25) is 5.02 Å². The Hall–Kier alpha value is -3.36. The molecule has 0 unspecified atom stereocenters. The molecule has 3 rings (SSSR count). The van der Waals surface area contributed by atoms with Crippen molar-refractivity contribution in [1.29, 1.82) is 0 Å². The Morgan fingerprint density at radius 2 is 1.56 bits per heavy atom. The summed E-state index contributed by atoms with van der Waals surface area (Å²) in [5.74, 6) is -0.518. The van der Waals surface area contributed by atoms with E-state index in [1.165, 1.54) is 9.21 Å². The van der Waals surface area contributed by atoms with Gasteiger partial charge in [-0.2, -0.15) is 0 Å². The summed E-state index contributed by atoms with van der Waals surface area (Å²) in [5.41, 5.74) is 2.93. The molecule has 0 saturated heterocycles. The lowest BCUT2D eigenvalue weighted by Crippen LogP contribution is -2.52. The first-order chi connectivity index (χ1) is 19.5. The van der Waals surface area contributed by atoms with Crippen LogP contribution in [-0.2, 0) is 32.6 Å². The Kier molecular flexibility index (Phi) is 11.4. The van der Waals surface area contributed by atoms with Crippen molar-refractivity contribution < 1.29 is 18.0 Å². The maximum atomic E-state index is 14.2. The summed E-state index contributed by atoms with van der Waals surface area (Å²) in [7, 11) is -4.12. The lowest BCUT2D eigenvalue weighted by molar-refractivity contribution is -0.140. The van der Waals surface area contributed by atoms with Crippen LogP contribution in [0.25, 0.3) is 0 Å². The minimum atomic E-state index is -4.12. The molecular formula is C32H40ClN3O4S. The number of anilines is 1. The maximum absolute atomic E-state index is 14.2. The summed E-state index contributed by atoms with van der Waals surface area (Å²) in [6, 6.07) is 20.0. The van der Waals surface area contributed by atoms with E-state index >= 15 is 0 Å². The molecule has 1 N–H and O–H groups in total. The molecule has 0 fully saturated rings. The van der Waals surface area contributed by atoms with E-state index in [0.717, 1.165) is 16.7 Å². The van der Waals surface area contributed by atoms with Crippen molar-refractivity contribution in [2.45, 2.75) is 64.9 Å². The zero-order chi connectivity index (χ0) is 30.2. The van der Waals surface area contributed by atoms with Crippen LogP contribution in [-0.4, -0.2) is 44.3 Å². The van der Waals surface area contributed by atoms with Gasteiger partial charge in [0.1, 0.15) is 12.6 Å². The molecule has 3 aromatic carbocycles. The highest BCUT2D eigenvalue weighted by Crippen LogP contribution is 2.28. The van der Waals surface area contributed by atoms with Crippen molar-refractivity contribution in [3.8, 4) is 0 Å². The van der Waals surface area contributed by atoms with Gasteiger partial charge in [0.25, 0.3) is 10.0 Å². The fourth-order valence-corrected chi connectivity index (χ4v) is 6.11. The monoisotopic (exact) mass is 597 g/mol. The minimum Gasteiger partial charge on any atom is -0.354 e. The number of carbonyl (C=O) groups excluding carboxylic acids is 2. The number of hydrogen-bond acceptors (Lipinski definition) is 4. The molecule has 9 heteroatoms. The normalized spacial score (nSPS) is 12.2. The number of benzene rings is 3. The molecule has 7 nitrogen and oxygen atoms in total. The smallest absolute Gasteiger partial charge is 0.264 e. The summed E-state index contributed by atoms with van der Waals surface area (Å²) >= 11 is 6.09. The van der Waals surface area contributed by atoms with Crippen molar-refractivity contribution >= 4 is 39.1 Å². The quantitative estimate of drug-likeness (QED) is 0.262. The number of rotatable bonds is 13. The number of nitrogens with zero attached hydrogens (tertiary/aromatic N) is 2. The van der Waals surface area contributed by atoms with Crippen molar-refractivity contribution in [3.63, 3.8) is 0 Å². The molecule has 0 aromatic heterocycles. The maximum Gasteiger partial charge on any atom is 0.264 e. The highest BCUT2D eigenvalue weighted by Gasteiger charge is 2.34. The van der Waals surface area contributed by atoms with Crippen LogP contribution in [0.15, 0.2) is 77.7 Å². The average Bonchev–Trinajstić information content (AvgIpc) is 2.95. The standard InChI is InChI=1S/C32H40ClN3O4S/c1-6-26-10-8-9-11-30(26)36(41(39,40)28-18-12-24(5)13-19-28)22-31(37)35(21-25-14-16-27(33)17-15-25)29(7-2)32(38)34-20-23(3)4/h8-19,23,29H,6-7,20-22H2,1-5H3,(H,34,38)/t29-/m0/s1. The third-order valence-corrected chi connectivity index (χ3v) is 8.89. The van der Waals surface area contributed by atoms with Gasteiger partial charge in [-0.15, -0.1) is 0 Å². The highest BCUT2D eigenvalue weighted by molar-refractivity contribution is 7.92. The molecule has 220 valence electrons. The molecule has 1 atom stereocenters. The topological polar surface area (TPSA) is 86.8 Å². The molecule has 0 saturated carbocycles. The van der Waals surface area contributed by atoms with Crippen molar-refractivity contribution in [2.24, 2.45) is 5.92 Å².